The highest BCUT2D eigenvalue weighted by atomic mass is 79.9. The van der Waals surface area contributed by atoms with E-state index in [2.05, 4.69) is 31.9 Å². The number of aliphatic hydroxyl groups excluding tert-OH is 1. The van der Waals surface area contributed by atoms with Crippen molar-refractivity contribution in [3.63, 3.8) is 0 Å². The Balaban J connectivity index is 2.36. The zero-order valence-corrected chi connectivity index (χ0v) is 13.8. The largest absolute Gasteiger partial charge is 0.457 e. The van der Waals surface area contributed by atoms with E-state index in [1.807, 2.05) is 43.3 Å². The van der Waals surface area contributed by atoms with Gasteiger partial charge in [-0.1, -0.05) is 37.9 Å². The van der Waals surface area contributed by atoms with Gasteiger partial charge in [0.2, 0.25) is 0 Å². The van der Waals surface area contributed by atoms with Gasteiger partial charge < -0.3 is 9.84 Å². The number of benzene rings is 2. The van der Waals surface area contributed by atoms with Crippen LogP contribution in [0.2, 0.25) is 0 Å². The minimum atomic E-state index is -0.570. The van der Waals surface area contributed by atoms with Gasteiger partial charge in [-0.15, -0.1) is 0 Å². The predicted octanol–water partition coefficient (Wildman–Crippen LogP) is 5.37. The van der Waals surface area contributed by atoms with E-state index in [0.717, 1.165) is 25.8 Å². The standard InChI is InChI=1S/C15H14Br2O2/c1-9-7-12(4-6-14(9)17)19-15-8-11(16)3-5-13(15)10(2)18/h3-8,10,18H,1-2H3. The summed E-state index contributed by atoms with van der Waals surface area (Å²) in [5.41, 5.74) is 1.87. The van der Waals surface area contributed by atoms with Crippen molar-refractivity contribution in [1.29, 1.82) is 0 Å². The molecule has 0 aromatic heterocycles. The van der Waals surface area contributed by atoms with Gasteiger partial charge in [-0.2, -0.15) is 0 Å². The van der Waals surface area contributed by atoms with Crippen molar-refractivity contribution in [2.45, 2.75) is 20.0 Å². The first-order valence-electron chi connectivity index (χ1n) is 5.89. The molecule has 2 nitrogen and oxygen atoms in total. The molecule has 2 aromatic carbocycles. The molecule has 4 heteroatoms. The minimum Gasteiger partial charge on any atom is -0.457 e. The van der Waals surface area contributed by atoms with Gasteiger partial charge in [0.1, 0.15) is 11.5 Å². The van der Waals surface area contributed by atoms with Crippen LogP contribution < -0.4 is 4.74 Å². The molecule has 0 saturated heterocycles. The lowest BCUT2D eigenvalue weighted by molar-refractivity contribution is 0.195. The maximum atomic E-state index is 9.77. The predicted molar refractivity (Wildman–Crippen MR) is 83.7 cm³/mol. The lowest BCUT2D eigenvalue weighted by Crippen LogP contribution is -1.96. The number of hydrogen-bond donors (Lipinski definition) is 1. The van der Waals surface area contributed by atoms with E-state index in [-0.39, 0.29) is 0 Å². The van der Waals surface area contributed by atoms with Gasteiger partial charge >= 0.3 is 0 Å². The number of hydrogen-bond acceptors (Lipinski definition) is 2. The molecule has 0 spiro atoms. The zero-order valence-electron chi connectivity index (χ0n) is 10.7. The highest BCUT2D eigenvalue weighted by molar-refractivity contribution is 9.10. The van der Waals surface area contributed by atoms with Gasteiger partial charge in [0, 0.05) is 14.5 Å². The molecular weight excluding hydrogens is 372 g/mol. The zero-order chi connectivity index (χ0) is 14.0. The summed E-state index contributed by atoms with van der Waals surface area (Å²) in [7, 11) is 0. The van der Waals surface area contributed by atoms with Gasteiger partial charge in [0.05, 0.1) is 6.10 Å². The summed E-state index contributed by atoms with van der Waals surface area (Å²) in [6.45, 7) is 3.73. The van der Waals surface area contributed by atoms with Crippen molar-refractivity contribution in [1.82, 2.24) is 0 Å². The Bertz CT molecular complexity index is 595. The van der Waals surface area contributed by atoms with Crippen molar-refractivity contribution < 1.29 is 9.84 Å². The normalized spacial score (nSPS) is 12.3. The summed E-state index contributed by atoms with van der Waals surface area (Å²) in [6, 6.07) is 11.4. The fourth-order valence-corrected chi connectivity index (χ4v) is 2.34. The molecule has 100 valence electrons. The van der Waals surface area contributed by atoms with Crippen LogP contribution in [0.1, 0.15) is 24.2 Å². The van der Waals surface area contributed by atoms with Crippen LogP contribution in [-0.4, -0.2) is 5.11 Å². The third-order valence-electron chi connectivity index (χ3n) is 2.78. The Morgan fingerprint density at radius 2 is 1.84 bits per heavy atom. The van der Waals surface area contributed by atoms with E-state index in [4.69, 9.17) is 4.74 Å². The number of ether oxygens (including phenoxy) is 1. The maximum Gasteiger partial charge on any atom is 0.134 e. The van der Waals surface area contributed by atoms with Crippen LogP contribution in [0.3, 0.4) is 0 Å². The fraction of sp³-hybridized carbons (Fsp3) is 0.200. The van der Waals surface area contributed by atoms with Crippen LogP contribution in [0.15, 0.2) is 45.3 Å². The Morgan fingerprint density at radius 3 is 2.47 bits per heavy atom. The number of aryl methyl sites for hydroxylation is 1. The van der Waals surface area contributed by atoms with Gasteiger partial charge in [-0.05, 0) is 49.7 Å². The Kier molecular flexibility index (Phi) is 4.66. The summed E-state index contributed by atoms with van der Waals surface area (Å²) < 4.78 is 7.84. The molecule has 0 aliphatic heterocycles. The second-order valence-corrected chi connectivity index (χ2v) is 6.14. The summed E-state index contributed by atoms with van der Waals surface area (Å²) in [5.74, 6) is 1.41. The third kappa shape index (κ3) is 3.59. The monoisotopic (exact) mass is 384 g/mol. The Morgan fingerprint density at radius 1 is 1.11 bits per heavy atom. The van der Waals surface area contributed by atoms with E-state index in [1.54, 1.807) is 6.92 Å². The Hall–Kier alpha value is -0.840. The summed E-state index contributed by atoms with van der Waals surface area (Å²) >= 11 is 6.88. The second-order valence-electron chi connectivity index (χ2n) is 4.37. The average Bonchev–Trinajstić information content (AvgIpc) is 2.33. The van der Waals surface area contributed by atoms with Crippen molar-refractivity contribution >= 4 is 31.9 Å². The number of aliphatic hydroxyl groups is 1. The molecule has 0 radical (unpaired) electrons. The summed E-state index contributed by atoms with van der Waals surface area (Å²) in [5, 5.41) is 9.77. The second kappa shape index (κ2) is 6.07. The van der Waals surface area contributed by atoms with Gasteiger partial charge in [0.15, 0.2) is 0 Å². The van der Waals surface area contributed by atoms with Crippen LogP contribution >= 0.6 is 31.9 Å². The van der Waals surface area contributed by atoms with E-state index in [0.29, 0.717) is 5.75 Å². The molecule has 19 heavy (non-hydrogen) atoms. The molecule has 0 aliphatic rings. The molecule has 0 saturated carbocycles. The Labute approximate surface area is 129 Å². The molecule has 0 aliphatic carbocycles. The molecule has 0 amide bonds. The third-order valence-corrected chi connectivity index (χ3v) is 4.17. The summed E-state index contributed by atoms with van der Waals surface area (Å²) in [6.07, 6.45) is -0.570. The SMILES string of the molecule is Cc1cc(Oc2cc(Br)ccc2C(C)O)ccc1Br. The molecule has 1 atom stereocenters. The molecule has 0 bridgehead atoms. The highest BCUT2D eigenvalue weighted by Gasteiger charge is 2.11. The molecule has 1 N–H and O–H groups in total. The number of halogens is 2. The fourth-order valence-electron chi connectivity index (χ4n) is 1.75. The molecule has 0 fully saturated rings. The van der Waals surface area contributed by atoms with E-state index in [9.17, 15) is 5.11 Å². The topological polar surface area (TPSA) is 29.5 Å². The van der Waals surface area contributed by atoms with Crippen molar-refractivity contribution in [2.75, 3.05) is 0 Å². The average molecular weight is 386 g/mol. The van der Waals surface area contributed by atoms with Crippen LogP contribution in [0.5, 0.6) is 11.5 Å². The van der Waals surface area contributed by atoms with E-state index >= 15 is 0 Å². The first kappa shape index (κ1) is 14.6. The molecule has 2 aromatic rings. The first-order chi connectivity index (χ1) is 8.97. The van der Waals surface area contributed by atoms with Gasteiger partial charge in [-0.3, -0.25) is 0 Å². The quantitative estimate of drug-likeness (QED) is 0.769. The first-order valence-corrected chi connectivity index (χ1v) is 7.47. The minimum absolute atomic E-state index is 0.570. The molecule has 2 rings (SSSR count). The van der Waals surface area contributed by atoms with Crippen LogP contribution in [0.4, 0.5) is 0 Å². The molecular formula is C15H14Br2O2. The van der Waals surface area contributed by atoms with Crippen molar-refractivity contribution in [3.05, 3.63) is 56.5 Å². The van der Waals surface area contributed by atoms with Crippen LogP contribution in [0, 0.1) is 6.92 Å². The lowest BCUT2D eigenvalue weighted by atomic mass is 10.1. The van der Waals surface area contributed by atoms with Crippen LogP contribution in [-0.2, 0) is 0 Å². The van der Waals surface area contributed by atoms with Gasteiger partial charge in [-0.25, -0.2) is 0 Å². The maximum absolute atomic E-state index is 9.77. The number of rotatable bonds is 3. The summed E-state index contributed by atoms with van der Waals surface area (Å²) in [4.78, 5) is 0. The van der Waals surface area contributed by atoms with E-state index in [1.165, 1.54) is 0 Å². The highest BCUT2D eigenvalue weighted by Crippen LogP contribution is 2.33. The lowest BCUT2D eigenvalue weighted by Gasteiger charge is -2.14. The van der Waals surface area contributed by atoms with E-state index < -0.39 is 6.10 Å². The smallest absolute Gasteiger partial charge is 0.134 e. The molecule has 1 unspecified atom stereocenters. The van der Waals surface area contributed by atoms with Crippen LogP contribution in [0.25, 0.3) is 0 Å². The van der Waals surface area contributed by atoms with Crippen molar-refractivity contribution in [2.24, 2.45) is 0 Å². The molecule has 0 heterocycles. The van der Waals surface area contributed by atoms with Crippen molar-refractivity contribution in [3.8, 4) is 11.5 Å². The van der Waals surface area contributed by atoms with Gasteiger partial charge in [0.25, 0.3) is 0 Å².